The highest BCUT2D eigenvalue weighted by Gasteiger charge is 2.15. The minimum atomic E-state index is -0.690. The minimum absolute atomic E-state index is 0.0558. The molecule has 0 aliphatic carbocycles. The van der Waals surface area contributed by atoms with Gasteiger partial charge in [0, 0.05) is 11.9 Å². The molecule has 1 amide bonds. The predicted octanol–water partition coefficient (Wildman–Crippen LogP) is 3.09. The van der Waals surface area contributed by atoms with Crippen molar-refractivity contribution in [2.24, 2.45) is 0 Å². The SMILES string of the molecule is O=C(COC(=O)c1cc2ccccc2o1)NCCc1ccc(F)cc1. The lowest BCUT2D eigenvalue weighted by atomic mass is 10.1. The number of furan rings is 1. The molecule has 1 heterocycles. The van der Waals surface area contributed by atoms with Crippen LogP contribution in [0.5, 0.6) is 0 Å². The fourth-order valence-electron chi connectivity index (χ4n) is 2.33. The monoisotopic (exact) mass is 341 g/mol. The number of hydrogen-bond acceptors (Lipinski definition) is 4. The lowest BCUT2D eigenvalue weighted by Crippen LogP contribution is -2.30. The second-order valence-corrected chi connectivity index (χ2v) is 5.45. The molecule has 0 radical (unpaired) electrons. The van der Waals surface area contributed by atoms with Gasteiger partial charge < -0.3 is 14.5 Å². The normalized spacial score (nSPS) is 10.6. The van der Waals surface area contributed by atoms with Crippen LogP contribution in [0.15, 0.2) is 59.0 Å². The van der Waals surface area contributed by atoms with Gasteiger partial charge in [-0.3, -0.25) is 4.79 Å². The molecule has 25 heavy (non-hydrogen) atoms. The second-order valence-electron chi connectivity index (χ2n) is 5.45. The van der Waals surface area contributed by atoms with Gasteiger partial charge in [-0.05, 0) is 36.2 Å². The zero-order valence-electron chi connectivity index (χ0n) is 13.3. The standard InChI is InChI=1S/C19H16FNO4/c20-15-7-5-13(6-8-15)9-10-21-18(22)12-24-19(23)17-11-14-3-1-2-4-16(14)25-17/h1-8,11H,9-10,12H2,(H,21,22). The smallest absolute Gasteiger partial charge is 0.374 e. The maximum atomic E-state index is 12.8. The molecule has 0 aliphatic rings. The zero-order valence-corrected chi connectivity index (χ0v) is 13.3. The molecule has 2 aromatic carbocycles. The summed E-state index contributed by atoms with van der Waals surface area (Å²) in [4.78, 5) is 23.6. The molecule has 3 rings (SSSR count). The molecule has 0 saturated carbocycles. The first kappa shape index (κ1) is 16.7. The van der Waals surface area contributed by atoms with Crippen molar-refractivity contribution in [3.8, 4) is 0 Å². The number of hydrogen-bond donors (Lipinski definition) is 1. The van der Waals surface area contributed by atoms with E-state index in [4.69, 9.17) is 9.15 Å². The molecule has 0 fully saturated rings. The van der Waals surface area contributed by atoms with E-state index in [1.54, 1.807) is 30.3 Å². The van der Waals surface area contributed by atoms with Crippen molar-refractivity contribution in [3.63, 3.8) is 0 Å². The number of fused-ring (bicyclic) bond motifs is 1. The highest BCUT2D eigenvalue weighted by molar-refractivity contribution is 5.93. The Morgan fingerprint density at radius 2 is 1.84 bits per heavy atom. The summed E-state index contributed by atoms with van der Waals surface area (Å²) < 4.78 is 23.1. The Hall–Kier alpha value is -3.15. The fraction of sp³-hybridized carbons (Fsp3) is 0.158. The molecule has 0 aliphatic heterocycles. The number of nitrogens with one attached hydrogen (secondary N) is 1. The van der Waals surface area contributed by atoms with E-state index in [9.17, 15) is 14.0 Å². The van der Waals surface area contributed by atoms with Gasteiger partial charge in [-0.15, -0.1) is 0 Å². The van der Waals surface area contributed by atoms with Crippen LogP contribution >= 0.6 is 0 Å². The maximum absolute atomic E-state index is 12.8. The Morgan fingerprint density at radius 1 is 1.08 bits per heavy atom. The first-order chi connectivity index (χ1) is 12.1. The quantitative estimate of drug-likeness (QED) is 0.700. The van der Waals surface area contributed by atoms with E-state index < -0.39 is 11.9 Å². The Bertz CT molecular complexity index is 853. The van der Waals surface area contributed by atoms with Gasteiger partial charge in [0.1, 0.15) is 11.4 Å². The van der Waals surface area contributed by atoms with E-state index in [1.165, 1.54) is 12.1 Å². The first-order valence-corrected chi connectivity index (χ1v) is 7.79. The number of halogens is 1. The van der Waals surface area contributed by atoms with Crippen LogP contribution in [0.4, 0.5) is 4.39 Å². The molecule has 128 valence electrons. The summed E-state index contributed by atoms with van der Waals surface area (Å²) >= 11 is 0. The molecule has 3 aromatic rings. The van der Waals surface area contributed by atoms with E-state index in [-0.39, 0.29) is 18.2 Å². The van der Waals surface area contributed by atoms with E-state index >= 15 is 0 Å². The summed E-state index contributed by atoms with van der Waals surface area (Å²) in [6, 6.07) is 14.8. The van der Waals surface area contributed by atoms with Crippen molar-refractivity contribution >= 4 is 22.8 Å². The molecule has 5 nitrogen and oxygen atoms in total. The second kappa shape index (κ2) is 7.61. The van der Waals surface area contributed by atoms with Gasteiger partial charge in [0.25, 0.3) is 5.91 Å². The van der Waals surface area contributed by atoms with Crippen molar-refractivity contribution in [1.29, 1.82) is 0 Å². The number of amides is 1. The van der Waals surface area contributed by atoms with Crippen LogP contribution in [-0.2, 0) is 16.0 Å². The largest absolute Gasteiger partial charge is 0.450 e. The van der Waals surface area contributed by atoms with E-state index in [0.29, 0.717) is 18.5 Å². The zero-order chi connectivity index (χ0) is 17.6. The van der Waals surface area contributed by atoms with Crippen LogP contribution in [-0.4, -0.2) is 25.0 Å². The molecular weight excluding hydrogens is 325 g/mol. The number of ether oxygens (including phenoxy) is 1. The summed E-state index contributed by atoms with van der Waals surface area (Å²) in [5.41, 5.74) is 1.49. The van der Waals surface area contributed by atoms with Crippen molar-refractivity contribution in [2.45, 2.75) is 6.42 Å². The number of esters is 1. The summed E-state index contributed by atoms with van der Waals surface area (Å²) in [5, 5.41) is 3.43. The van der Waals surface area contributed by atoms with Gasteiger partial charge in [0.2, 0.25) is 5.76 Å². The number of benzene rings is 2. The molecule has 6 heteroatoms. The third kappa shape index (κ3) is 4.44. The van der Waals surface area contributed by atoms with Crippen LogP contribution < -0.4 is 5.32 Å². The van der Waals surface area contributed by atoms with Crippen LogP contribution in [0.1, 0.15) is 16.1 Å². The van der Waals surface area contributed by atoms with Crippen molar-refractivity contribution in [1.82, 2.24) is 5.32 Å². The maximum Gasteiger partial charge on any atom is 0.374 e. The number of carbonyl (C=O) groups is 2. The van der Waals surface area contributed by atoms with Crippen LogP contribution in [0.2, 0.25) is 0 Å². The Kier molecular flexibility index (Phi) is 5.09. The molecule has 1 N–H and O–H groups in total. The highest BCUT2D eigenvalue weighted by atomic mass is 19.1. The van der Waals surface area contributed by atoms with E-state index in [1.807, 2.05) is 12.1 Å². The molecule has 0 bridgehead atoms. The first-order valence-electron chi connectivity index (χ1n) is 7.79. The predicted molar refractivity (Wildman–Crippen MR) is 89.6 cm³/mol. The van der Waals surface area contributed by atoms with Crippen molar-refractivity contribution in [3.05, 3.63) is 71.7 Å². The van der Waals surface area contributed by atoms with Gasteiger partial charge in [-0.25, -0.2) is 9.18 Å². The topological polar surface area (TPSA) is 68.5 Å². The molecule has 1 aromatic heterocycles. The molecule has 0 spiro atoms. The van der Waals surface area contributed by atoms with Crippen molar-refractivity contribution < 1.29 is 23.1 Å². The average Bonchev–Trinajstić information content (AvgIpc) is 3.05. The third-order valence-corrected chi connectivity index (χ3v) is 3.61. The fourth-order valence-corrected chi connectivity index (χ4v) is 2.33. The van der Waals surface area contributed by atoms with Gasteiger partial charge in [-0.1, -0.05) is 30.3 Å². The number of para-hydroxylation sites is 1. The summed E-state index contributed by atoms with van der Waals surface area (Å²) in [5.74, 6) is -1.35. The molecular formula is C19H16FNO4. The van der Waals surface area contributed by atoms with Crippen molar-refractivity contribution in [2.75, 3.05) is 13.2 Å². The van der Waals surface area contributed by atoms with Gasteiger partial charge in [0.05, 0.1) is 0 Å². The minimum Gasteiger partial charge on any atom is -0.450 e. The van der Waals surface area contributed by atoms with E-state index in [0.717, 1.165) is 10.9 Å². The summed E-state index contributed by atoms with van der Waals surface area (Å²) in [6.45, 7) is -0.0219. The molecule has 0 saturated heterocycles. The average molecular weight is 341 g/mol. The van der Waals surface area contributed by atoms with Crippen LogP contribution in [0.25, 0.3) is 11.0 Å². The lowest BCUT2D eigenvalue weighted by Gasteiger charge is -2.06. The molecule has 0 atom stereocenters. The van der Waals surface area contributed by atoms with Crippen LogP contribution in [0.3, 0.4) is 0 Å². The Balaban J connectivity index is 1.43. The Morgan fingerprint density at radius 3 is 2.60 bits per heavy atom. The van der Waals surface area contributed by atoms with E-state index in [2.05, 4.69) is 5.32 Å². The third-order valence-electron chi connectivity index (χ3n) is 3.61. The summed E-state index contributed by atoms with van der Waals surface area (Å²) in [6.07, 6.45) is 0.559. The highest BCUT2D eigenvalue weighted by Crippen LogP contribution is 2.19. The van der Waals surface area contributed by atoms with Gasteiger partial charge in [0.15, 0.2) is 6.61 Å². The Labute approximate surface area is 143 Å². The molecule has 0 unspecified atom stereocenters. The lowest BCUT2D eigenvalue weighted by molar-refractivity contribution is -0.124. The summed E-state index contributed by atoms with van der Waals surface area (Å²) in [7, 11) is 0. The van der Waals surface area contributed by atoms with Gasteiger partial charge in [-0.2, -0.15) is 0 Å². The number of rotatable bonds is 6. The number of carbonyl (C=O) groups excluding carboxylic acids is 2. The van der Waals surface area contributed by atoms with Gasteiger partial charge >= 0.3 is 5.97 Å². The van der Waals surface area contributed by atoms with Crippen LogP contribution in [0, 0.1) is 5.82 Å².